The molecule has 1 unspecified atom stereocenters. The minimum Gasteiger partial charge on any atom is -0.495 e. The minimum absolute atomic E-state index is 0.00585. The van der Waals surface area contributed by atoms with Crippen LogP contribution in [0, 0.1) is 0 Å². The van der Waals surface area contributed by atoms with Crippen molar-refractivity contribution in [3.63, 3.8) is 0 Å². The Morgan fingerprint density at radius 3 is 2.12 bits per heavy atom. The standard InChI is InChI=1S/C9H17B6NO/c10-3-2-7(6(13)5(12)4(3)11)17-1-9(14,15)8(2)16/h8H,1,10-16H2. The second-order valence-corrected chi connectivity index (χ2v) is 6.00. The predicted octanol–water partition coefficient (Wildman–Crippen LogP) is -7.51. The first kappa shape index (κ1) is 12.8. The van der Waals surface area contributed by atoms with Gasteiger partial charge in [0.05, 0.1) is 6.61 Å². The van der Waals surface area contributed by atoms with Crippen molar-refractivity contribution in [1.82, 2.24) is 0 Å². The average Bonchev–Trinajstić information content (AvgIpc) is 2.27. The molecule has 2 N–H and O–H groups in total. The van der Waals surface area contributed by atoms with Gasteiger partial charge in [0.25, 0.3) is 0 Å². The van der Waals surface area contributed by atoms with Crippen LogP contribution in [0.5, 0.6) is 5.75 Å². The van der Waals surface area contributed by atoms with Crippen molar-refractivity contribution in [2.75, 3.05) is 6.61 Å². The number of nitrogens with two attached hydrogens (primary N) is 1. The lowest BCUT2D eigenvalue weighted by atomic mass is 9.48. The lowest BCUT2D eigenvalue weighted by molar-refractivity contribution is 0.255. The Kier molecular flexibility index (Phi) is 2.97. The van der Waals surface area contributed by atoms with Gasteiger partial charge in [-0.1, -0.05) is 16.4 Å². The molecular weight excluding hydrogens is 203 g/mol. The zero-order valence-electron chi connectivity index (χ0n) is 11.8. The molecule has 0 bridgehead atoms. The summed E-state index contributed by atoms with van der Waals surface area (Å²) < 4.78 is 5.98. The number of rotatable bonds is 0. The van der Waals surface area contributed by atoms with Crippen LogP contribution in [0.2, 0.25) is 5.21 Å². The molecule has 0 aromatic heterocycles. The number of hydrogen-bond acceptors (Lipinski definition) is 2. The molecule has 1 aliphatic heterocycles. The molecule has 0 saturated carbocycles. The monoisotopic (exact) mass is 221 g/mol. The van der Waals surface area contributed by atoms with Gasteiger partial charge in [-0.25, -0.2) is 0 Å². The van der Waals surface area contributed by atoms with E-state index in [4.69, 9.17) is 10.5 Å². The fraction of sp³-hybridized carbons (Fsp3) is 0.333. The molecule has 2 rings (SSSR count). The highest BCUT2D eigenvalue weighted by molar-refractivity contribution is 6.63. The molecule has 8 heteroatoms. The van der Waals surface area contributed by atoms with Gasteiger partial charge in [0.1, 0.15) is 52.8 Å². The topological polar surface area (TPSA) is 35.2 Å². The molecule has 2 nitrogen and oxygen atoms in total. The van der Waals surface area contributed by atoms with Gasteiger partial charge in [-0.3, -0.25) is 0 Å². The van der Waals surface area contributed by atoms with E-state index in [1.54, 1.807) is 0 Å². The predicted molar refractivity (Wildman–Crippen MR) is 91.4 cm³/mol. The summed E-state index contributed by atoms with van der Waals surface area (Å²) in [7, 11) is 13.0. The van der Waals surface area contributed by atoms with Gasteiger partial charge >= 0.3 is 0 Å². The van der Waals surface area contributed by atoms with E-state index in [0.29, 0.717) is 6.61 Å². The SMILES string of the molecule is Bc1c(B)c(B)c2c(c1B)OCC(B)(B)C2N. The molecule has 0 fully saturated rings. The summed E-state index contributed by atoms with van der Waals surface area (Å²) in [6.07, 6.45) is 0. The highest BCUT2D eigenvalue weighted by atomic mass is 16.5. The first-order valence-electron chi connectivity index (χ1n) is 6.26. The fourth-order valence-electron chi connectivity index (χ4n) is 2.61. The molecule has 82 valence electrons. The van der Waals surface area contributed by atoms with E-state index in [2.05, 4.69) is 47.1 Å². The Balaban J connectivity index is 2.74. The number of hydrogen-bond donors (Lipinski definition) is 1. The molecule has 0 saturated heterocycles. The second-order valence-electron chi connectivity index (χ2n) is 6.00. The maximum atomic E-state index is 6.43. The molecule has 1 aliphatic rings. The third kappa shape index (κ3) is 1.77. The van der Waals surface area contributed by atoms with Crippen LogP contribution in [0.25, 0.3) is 0 Å². The van der Waals surface area contributed by atoms with Crippen LogP contribution >= 0.6 is 0 Å². The van der Waals surface area contributed by atoms with Crippen LogP contribution in [0.3, 0.4) is 0 Å². The first-order valence-corrected chi connectivity index (χ1v) is 6.26. The van der Waals surface area contributed by atoms with E-state index in [9.17, 15) is 0 Å². The molecule has 0 spiro atoms. The molecule has 17 heavy (non-hydrogen) atoms. The van der Waals surface area contributed by atoms with E-state index in [-0.39, 0.29) is 11.3 Å². The van der Waals surface area contributed by atoms with Crippen molar-refractivity contribution in [2.45, 2.75) is 11.3 Å². The van der Waals surface area contributed by atoms with Gasteiger partial charge in [-0.2, -0.15) is 0 Å². The Bertz CT molecular complexity index is 489. The van der Waals surface area contributed by atoms with E-state index >= 15 is 0 Å². The van der Waals surface area contributed by atoms with E-state index in [0.717, 1.165) is 5.75 Å². The molecule has 0 radical (unpaired) electrons. The molecule has 1 aromatic rings. The fourth-order valence-corrected chi connectivity index (χ4v) is 2.61. The highest BCUT2D eigenvalue weighted by Crippen LogP contribution is 2.39. The van der Waals surface area contributed by atoms with Crippen LogP contribution in [-0.4, -0.2) is 53.7 Å². The van der Waals surface area contributed by atoms with E-state index < -0.39 is 0 Å². The van der Waals surface area contributed by atoms with Gasteiger partial charge in [0.15, 0.2) is 0 Å². The maximum Gasteiger partial charge on any atom is 0.143 e. The number of fused-ring (bicyclic) bond motifs is 1. The largest absolute Gasteiger partial charge is 0.495 e. The summed E-state index contributed by atoms with van der Waals surface area (Å²) >= 11 is 0. The van der Waals surface area contributed by atoms with E-state index in [1.807, 2.05) is 0 Å². The Hall–Kier alpha value is -0.630. The zero-order chi connectivity index (χ0) is 13.0. The number of benzene rings is 1. The van der Waals surface area contributed by atoms with Gasteiger partial charge in [0, 0.05) is 11.6 Å². The third-order valence-corrected chi connectivity index (χ3v) is 4.42. The molecule has 1 heterocycles. The van der Waals surface area contributed by atoms with Crippen LogP contribution in [0.1, 0.15) is 11.6 Å². The Morgan fingerprint density at radius 1 is 1.00 bits per heavy atom. The molecule has 0 aliphatic carbocycles. The Morgan fingerprint density at radius 2 is 1.53 bits per heavy atom. The highest BCUT2D eigenvalue weighted by Gasteiger charge is 2.36. The van der Waals surface area contributed by atoms with Gasteiger partial charge in [-0.15, -0.1) is 5.46 Å². The van der Waals surface area contributed by atoms with Crippen molar-refractivity contribution in [3.05, 3.63) is 5.56 Å². The first-order chi connectivity index (χ1) is 7.77. The maximum absolute atomic E-state index is 6.43. The summed E-state index contributed by atoms with van der Waals surface area (Å²) in [5, 5.41) is 0.00585. The van der Waals surface area contributed by atoms with Crippen molar-refractivity contribution >= 4 is 68.9 Å². The summed E-state index contributed by atoms with van der Waals surface area (Å²) in [5.41, 5.74) is 12.9. The van der Waals surface area contributed by atoms with Gasteiger partial charge in [-0.05, 0) is 5.21 Å². The molecule has 1 atom stereocenters. The van der Waals surface area contributed by atoms with Crippen LogP contribution in [0.4, 0.5) is 0 Å². The van der Waals surface area contributed by atoms with Crippen molar-refractivity contribution in [3.8, 4) is 5.75 Å². The summed E-state index contributed by atoms with van der Waals surface area (Å²) in [6, 6.07) is 0.0595. The Labute approximate surface area is 109 Å². The summed E-state index contributed by atoms with van der Waals surface area (Å²) in [5.74, 6) is 1.03. The number of ether oxygens (including phenoxy) is 1. The smallest absolute Gasteiger partial charge is 0.143 e. The summed E-state index contributed by atoms with van der Waals surface area (Å²) in [6.45, 7) is 0.698. The average molecular weight is 220 g/mol. The zero-order valence-corrected chi connectivity index (χ0v) is 11.8. The lowest BCUT2D eigenvalue weighted by Gasteiger charge is -2.40. The van der Waals surface area contributed by atoms with Gasteiger partial charge < -0.3 is 10.5 Å². The minimum atomic E-state index is 0.00585. The quantitative estimate of drug-likeness (QED) is 0.441. The van der Waals surface area contributed by atoms with Crippen LogP contribution in [0.15, 0.2) is 0 Å². The molecular formula is C9H17B6NO. The van der Waals surface area contributed by atoms with Gasteiger partial charge in [0.2, 0.25) is 0 Å². The molecule has 1 aromatic carbocycles. The van der Waals surface area contributed by atoms with Crippen LogP contribution in [-0.2, 0) is 0 Å². The van der Waals surface area contributed by atoms with Crippen molar-refractivity contribution < 1.29 is 4.74 Å². The normalized spacial score (nSPS) is 21.6. The second kappa shape index (κ2) is 3.94. The van der Waals surface area contributed by atoms with Crippen molar-refractivity contribution in [1.29, 1.82) is 0 Å². The lowest BCUT2D eigenvalue weighted by Crippen LogP contribution is -2.54. The van der Waals surface area contributed by atoms with Crippen LogP contribution < -0.4 is 32.3 Å². The molecule has 0 amide bonds. The van der Waals surface area contributed by atoms with E-state index in [1.165, 1.54) is 27.4 Å². The summed E-state index contributed by atoms with van der Waals surface area (Å²) in [4.78, 5) is 0. The third-order valence-electron chi connectivity index (χ3n) is 4.42. The van der Waals surface area contributed by atoms with Crippen molar-refractivity contribution in [2.24, 2.45) is 5.73 Å².